The van der Waals surface area contributed by atoms with Crippen molar-refractivity contribution in [2.75, 3.05) is 40.0 Å². The molecular formula is C17H33NO3. The van der Waals surface area contributed by atoms with Gasteiger partial charge in [0.05, 0.1) is 11.7 Å². The normalized spacial score (nSPS) is 32.4. The molecule has 0 unspecified atom stereocenters. The quantitative estimate of drug-likeness (QED) is 0.733. The van der Waals surface area contributed by atoms with E-state index in [9.17, 15) is 5.11 Å². The van der Waals surface area contributed by atoms with E-state index in [1.54, 1.807) is 7.11 Å². The van der Waals surface area contributed by atoms with Gasteiger partial charge in [-0.1, -0.05) is 6.92 Å². The van der Waals surface area contributed by atoms with Gasteiger partial charge in [0, 0.05) is 40.0 Å². The number of likely N-dealkylation sites (tertiary alicyclic amines) is 1. The zero-order valence-electron chi connectivity index (χ0n) is 13.9. The SMILES string of the molecule is COCCCOC1CCN(CC2(O)CCC(C)CC2)CC1. The van der Waals surface area contributed by atoms with Crippen molar-refractivity contribution in [2.24, 2.45) is 5.92 Å². The molecule has 0 bridgehead atoms. The molecule has 2 rings (SSSR count). The Morgan fingerprint density at radius 3 is 2.38 bits per heavy atom. The molecule has 1 heterocycles. The Labute approximate surface area is 129 Å². The van der Waals surface area contributed by atoms with E-state index in [4.69, 9.17) is 9.47 Å². The summed E-state index contributed by atoms with van der Waals surface area (Å²) in [7, 11) is 1.73. The van der Waals surface area contributed by atoms with E-state index in [0.29, 0.717) is 6.10 Å². The van der Waals surface area contributed by atoms with Gasteiger partial charge in [0.2, 0.25) is 0 Å². The van der Waals surface area contributed by atoms with Gasteiger partial charge in [0.15, 0.2) is 0 Å². The van der Waals surface area contributed by atoms with Crippen LogP contribution in [0.5, 0.6) is 0 Å². The molecule has 0 aromatic rings. The lowest BCUT2D eigenvalue weighted by atomic mass is 9.79. The fraction of sp³-hybridized carbons (Fsp3) is 1.00. The predicted molar refractivity (Wildman–Crippen MR) is 84.5 cm³/mol. The van der Waals surface area contributed by atoms with E-state index in [-0.39, 0.29) is 0 Å². The highest BCUT2D eigenvalue weighted by Gasteiger charge is 2.34. The number of nitrogens with zero attached hydrogens (tertiary/aromatic N) is 1. The van der Waals surface area contributed by atoms with Crippen LogP contribution in [-0.4, -0.2) is 61.7 Å². The van der Waals surface area contributed by atoms with Crippen molar-refractivity contribution in [3.8, 4) is 0 Å². The standard InChI is InChI=1S/C17H33NO3/c1-15-4-8-17(19,9-5-15)14-18-10-6-16(7-11-18)21-13-3-12-20-2/h15-16,19H,3-14H2,1-2H3. The molecule has 0 amide bonds. The first kappa shape index (κ1) is 17.2. The summed E-state index contributed by atoms with van der Waals surface area (Å²) in [6, 6.07) is 0. The zero-order chi connectivity index (χ0) is 15.1. The summed E-state index contributed by atoms with van der Waals surface area (Å²) < 4.78 is 10.9. The molecule has 0 aromatic carbocycles. The lowest BCUT2D eigenvalue weighted by Crippen LogP contribution is -2.48. The van der Waals surface area contributed by atoms with Gasteiger partial charge in [-0.2, -0.15) is 0 Å². The van der Waals surface area contributed by atoms with Crippen LogP contribution in [-0.2, 0) is 9.47 Å². The van der Waals surface area contributed by atoms with Gasteiger partial charge in [0.1, 0.15) is 0 Å². The number of hydrogen-bond acceptors (Lipinski definition) is 4. The molecule has 0 radical (unpaired) electrons. The summed E-state index contributed by atoms with van der Waals surface area (Å²) in [5, 5.41) is 10.7. The average molecular weight is 299 g/mol. The van der Waals surface area contributed by atoms with Crippen molar-refractivity contribution in [1.82, 2.24) is 4.90 Å². The van der Waals surface area contributed by atoms with Crippen LogP contribution in [0.25, 0.3) is 0 Å². The van der Waals surface area contributed by atoms with Crippen molar-refractivity contribution in [3.63, 3.8) is 0 Å². The highest BCUT2D eigenvalue weighted by Crippen LogP contribution is 2.33. The van der Waals surface area contributed by atoms with Crippen LogP contribution in [0.2, 0.25) is 0 Å². The minimum atomic E-state index is -0.432. The van der Waals surface area contributed by atoms with E-state index in [2.05, 4.69) is 11.8 Å². The van der Waals surface area contributed by atoms with Crippen molar-refractivity contribution in [3.05, 3.63) is 0 Å². The summed E-state index contributed by atoms with van der Waals surface area (Å²) in [6.07, 6.45) is 7.88. The second-order valence-corrected chi connectivity index (χ2v) is 7.10. The van der Waals surface area contributed by atoms with Crippen molar-refractivity contribution < 1.29 is 14.6 Å². The van der Waals surface area contributed by atoms with Crippen molar-refractivity contribution in [2.45, 2.75) is 63.6 Å². The Bertz CT molecular complexity index is 282. The minimum Gasteiger partial charge on any atom is -0.389 e. The van der Waals surface area contributed by atoms with Crippen LogP contribution in [0.1, 0.15) is 51.9 Å². The van der Waals surface area contributed by atoms with Gasteiger partial charge in [-0.3, -0.25) is 0 Å². The average Bonchev–Trinajstić information content (AvgIpc) is 2.49. The zero-order valence-corrected chi connectivity index (χ0v) is 13.9. The van der Waals surface area contributed by atoms with Crippen LogP contribution >= 0.6 is 0 Å². The van der Waals surface area contributed by atoms with Gasteiger partial charge in [-0.25, -0.2) is 0 Å². The Hall–Kier alpha value is -0.160. The molecule has 2 aliphatic rings. The molecule has 1 aliphatic heterocycles. The second kappa shape index (κ2) is 8.47. The number of methoxy groups -OCH3 is 1. The van der Waals surface area contributed by atoms with Gasteiger partial charge in [-0.05, 0) is 50.9 Å². The van der Waals surface area contributed by atoms with Gasteiger partial charge in [-0.15, -0.1) is 0 Å². The molecule has 0 spiro atoms. The van der Waals surface area contributed by atoms with Crippen LogP contribution in [0.15, 0.2) is 0 Å². The minimum absolute atomic E-state index is 0.402. The van der Waals surface area contributed by atoms with Gasteiger partial charge >= 0.3 is 0 Å². The molecule has 21 heavy (non-hydrogen) atoms. The monoisotopic (exact) mass is 299 g/mol. The molecule has 2 fully saturated rings. The largest absolute Gasteiger partial charge is 0.389 e. The summed E-state index contributed by atoms with van der Waals surface area (Å²) >= 11 is 0. The van der Waals surface area contributed by atoms with Crippen molar-refractivity contribution >= 4 is 0 Å². The van der Waals surface area contributed by atoms with Crippen LogP contribution in [0, 0.1) is 5.92 Å². The molecule has 124 valence electrons. The van der Waals surface area contributed by atoms with Crippen LogP contribution < -0.4 is 0 Å². The van der Waals surface area contributed by atoms with Crippen LogP contribution in [0.4, 0.5) is 0 Å². The maximum absolute atomic E-state index is 10.7. The topological polar surface area (TPSA) is 41.9 Å². The van der Waals surface area contributed by atoms with Crippen LogP contribution in [0.3, 0.4) is 0 Å². The van der Waals surface area contributed by atoms with E-state index in [1.807, 2.05) is 0 Å². The second-order valence-electron chi connectivity index (χ2n) is 7.10. The van der Waals surface area contributed by atoms with Crippen molar-refractivity contribution in [1.29, 1.82) is 0 Å². The van der Waals surface area contributed by atoms with E-state index >= 15 is 0 Å². The number of hydrogen-bond donors (Lipinski definition) is 1. The molecule has 0 atom stereocenters. The molecule has 1 saturated heterocycles. The number of ether oxygens (including phenoxy) is 2. The predicted octanol–water partition coefficient (Wildman–Crippen LogP) is 2.45. The summed E-state index contributed by atoms with van der Waals surface area (Å²) in [6.45, 7) is 6.87. The molecule has 1 aliphatic carbocycles. The van der Waals surface area contributed by atoms with E-state index < -0.39 is 5.60 Å². The number of piperidine rings is 1. The molecule has 4 heteroatoms. The smallest absolute Gasteiger partial charge is 0.0774 e. The Balaban J connectivity index is 1.62. The Morgan fingerprint density at radius 1 is 1.10 bits per heavy atom. The molecule has 1 saturated carbocycles. The third-order valence-electron chi connectivity index (χ3n) is 5.10. The Kier molecular flexibility index (Phi) is 6.93. The number of rotatable bonds is 7. The van der Waals surface area contributed by atoms with Gasteiger partial charge < -0.3 is 19.5 Å². The maximum Gasteiger partial charge on any atom is 0.0774 e. The molecule has 1 N–H and O–H groups in total. The van der Waals surface area contributed by atoms with E-state index in [0.717, 1.165) is 70.9 Å². The highest BCUT2D eigenvalue weighted by molar-refractivity contribution is 4.88. The first-order chi connectivity index (χ1) is 10.1. The molecular weight excluding hydrogens is 266 g/mol. The lowest BCUT2D eigenvalue weighted by Gasteiger charge is -2.41. The third-order valence-corrected chi connectivity index (χ3v) is 5.10. The molecule has 0 aromatic heterocycles. The third kappa shape index (κ3) is 5.85. The summed E-state index contributed by atoms with van der Waals surface area (Å²) in [5.41, 5.74) is -0.432. The van der Waals surface area contributed by atoms with E-state index in [1.165, 1.54) is 12.8 Å². The summed E-state index contributed by atoms with van der Waals surface area (Å²) in [5.74, 6) is 0.788. The first-order valence-electron chi connectivity index (χ1n) is 8.66. The number of aliphatic hydroxyl groups is 1. The number of β-amino-alcohol motifs (C(OH)–C–C–N with tert-alkyl or cyclic N) is 1. The maximum atomic E-state index is 10.7. The fourth-order valence-electron chi connectivity index (χ4n) is 3.56. The highest BCUT2D eigenvalue weighted by atomic mass is 16.5. The fourth-order valence-corrected chi connectivity index (χ4v) is 3.56. The Morgan fingerprint density at radius 2 is 1.76 bits per heavy atom. The van der Waals surface area contributed by atoms with Gasteiger partial charge in [0.25, 0.3) is 0 Å². The first-order valence-corrected chi connectivity index (χ1v) is 8.66. The lowest BCUT2D eigenvalue weighted by molar-refractivity contribution is -0.0550. The summed E-state index contributed by atoms with van der Waals surface area (Å²) in [4.78, 5) is 2.44. The molecule has 4 nitrogen and oxygen atoms in total.